The molecular weight excluding hydrogens is 471 g/mol. The number of nitrogens with one attached hydrogen (secondary N) is 1. The molecule has 174 valence electrons. The Kier molecular flexibility index (Phi) is 6.21. The van der Waals surface area contributed by atoms with Crippen LogP contribution in [0, 0.1) is 6.92 Å². The molecule has 3 aromatic rings. The zero-order chi connectivity index (χ0) is 23.9. The lowest BCUT2D eigenvalue weighted by atomic mass is 10.2. The molecule has 0 saturated heterocycles. The van der Waals surface area contributed by atoms with Gasteiger partial charge >= 0.3 is 23.4 Å². The summed E-state index contributed by atoms with van der Waals surface area (Å²) >= 11 is -1.78. The minimum atomic E-state index is -6.52. The van der Waals surface area contributed by atoms with E-state index in [9.17, 15) is 35.3 Å². The van der Waals surface area contributed by atoms with Crippen molar-refractivity contribution >= 4 is 22.2 Å². The highest BCUT2D eigenvalue weighted by Gasteiger charge is 2.75. The van der Waals surface area contributed by atoms with Gasteiger partial charge < -0.3 is 14.0 Å². The fraction of sp³-hybridized carbons (Fsp3) is 0.333. The van der Waals surface area contributed by atoms with Gasteiger partial charge in [-0.05, 0) is 25.1 Å². The molecule has 0 fully saturated rings. The Hall–Kier alpha value is -2.74. The second-order valence-electron chi connectivity index (χ2n) is 6.49. The summed E-state index contributed by atoms with van der Waals surface area (Å²) < 4.78 is 111. The Labute approximate surface area is 178 Å². The first-order valence-corrected chi connectivity index (χ1v) is 9.96. The maximum Gasteiger partial charge on any atom is 0.474 e. The Morgan fingerprint density at radius 1 is 1.09 bits per heavy atom. The molecule has 1 aromatic carbocycles. The van der Waals surface area contributed by atoms with E-state index in [1.165, 1.54) is 13.3 Å². The van der Waals surface area contributed by atoms with Crippen molar-refractivity contribution in [1.82, 2.24) is 15.0 Å². The number of rotatable bonds is 7. The maximum absolute atomic E-state index is 13.5. The predicted octanol–water partition coefficient (Wildman–Crippen LogP) is 4.75. The number of aromatic amines is 1. The van der Waals surface area contributed by atoms with E-state index in [4.69, 9.17) is 4.74 Å². The SMILES string of the molecule is COc1ccnc(C[S+]([O-])c2nc3cc(OC(F)(F)C(F)(F)C(F)(F)F)ccc3[nH]2)c1C. The van der Waals surface area contributed by atoms with Crippen LogP contribution in [0.5, 0.6) is 11.5 Å². The second-order valence-corrected chi connectivity index (χ2v) is 7.85. The van der Waals surface area contributed by atoms with Crippen LogP contribution in [-0.2, 0) is 16.9 Å². The third kappa shape index (κ3) is 4.41. The monoisotopic (exact) mass is 485 g/mol. The molecule has 0 aliphatic carbocycles. The van der Waals surface area contributed by atoms with Gasteiger partial charge in [0, 0.05) is 29.0 Å². The Bertz CT molecular complexity index is 1120. The van der Waals surface area contributed by atoms with Crippen LogP contribution in [0.1, 0.15) is 11.3 Å². The van der Waals surface area contributed by atoms with Crippen molar-refractivity contribution in [2.45, 2.75) is 36.0 Å². The van der Waals surface area contributed by atoms with Crippen LogP contribution in [0.25, 0.3) is 11.0 Å². The van der Waals surface area contributed by atoms with Crippen molar-refractivity contribution in [1.29, 1.82) is 0 Å². The molecule has 2 heterocycles. The van der Waals surface area contributed by atoms with Gasteiger partial charge in [-0.2, -0.15) is 35.7 Å². The molecule has 0 aliphatic heterocycles. The lowest BCUT2D eigenvalue weighted by Crippen LogP contribution is -2.55. The third-order valence-electron chi connectivity index (χ3n) is 4.36. The van der Waals surface area contributed by atoms with Crippen molar-refractivity contribution in [3.63, 3.8) is 0 Å². The average Bonchev–Trinajstić information content (AvgIpc) is 3.12. The number of aromatic nitrogens is 3. The van der Waals surface area contributed by atoms with Gasteiger partial charge in [-0.3, -0.25) is 9.97 Å². The number of halogens is 7. The zero-order valence-corrected chi connectivity index (χ0v) is 17.1. The van der Waals surface area contributed by atoms with Gasteiger partial charge in [0.25, 0.3) is 0 Å². The number of hydrogen-bond acceptors (Lipinski definition) is 5. The van der Waals surface area contributed by atoms with Gasteiger partial charge in [0.1, 0.15) is 11.5 Å². The Morgan fingerprint density at radius 3 is 2.41 bits per heavy atom. The van der Waals surface area contributed by atoms with Crippen molar-refractivity contribution in [3.8, 4) is 11.5 Å². The molecule has 2 aromatic heterocycles. The molecule has 0 amide bonds. The standard InChI is InChI=1S/C18H14F7N3O3S/c1-9-13(26-6-5-14(9)30-2)8-32(29)15-27-11-4-3-10(7-12(11)28-15)31-18(24,25)16(19,20)17(21,22)23/h3-7H,8H2,1-2H3,(H,27,28). The summed E-state index contributed by atoms with van der Waals surface area (Å²) in [6.45, 7) is 1.71. The molecule has 3 rings (SSSR count). The largest absolute Gasteiger partial charge is 0.609 e. The summed E-state index contributed by atoms with van der Waals surface area (Å²) in [6, 6.07) is 4.15. The van der Waals surface area contributed by atoms with Crippen LogP contribution >= 0.6 is 0 Å². The summed E-state index contributed by atoms with van der Waals surface area (Å²) in [5.41, 5.74) is 1.12. The number of nitrogens with zero attached hydrogens (tertiary/aromatic N) is 2. The van der Waals surface area contributed by atoms with Crippen LogP contribution in [-0.4, -0.2) is 44.8 Å². The minimum Gasteiger partial charge on any atom is -0.609 e. The Balaban J connectivity index is 1.83. The first-order chi connectivity index (χ1) is 14.8. The quantitative estimate of drug-likeness (QED) is 0.386. The molecule has 0 spiro atoms. The van der Waals surface area contributed by atoms with E-state index in [1.54, 1.807) is 13.0 Å². The van der Waals surface area contributed by atoms with E-state index in [0.717, 1.165) is 18.2 Å². The van der Waals surface area contributed by atoms with E-state index < -0.39 is 35.1 Å². The number of H-pyrrole nitrogens is 1. The fourth-order valence-corrected chi connectivity index (χ4v) is 3.73. The van der Waals surface area contributed by atoms with Crippen LogP contribution < -0.4 is 9.47 Å². The predicted molar refractivity (Wildman–Crippen MR) is 98.3 cm³/mol. The van der Waals surface area contributed by atoms with E-state index in [1.807, 2.05) is 0 Å². The van der Waals surface area contributed by atoms with E-state index in [0.29, 0.717) is 17.0 Å². The fourth-order valence-electron chi connectivity index (χ4n) is 2.63. The first kappa shape index (κ1) is 23.9. The number of imidazole rings is 1. The summed E-state index contributed by atoms with van der Waals surface area (Å²) in [7, 11) is 1.45. The normalized spacial score (nSPS) is 13.9. The first-order valence-electron chi connectivity index (χ1n) is 8.65. The van der Waals surface area contributed by atoms with Crippen LogP contribution in [0.4, 0.5) is 30.7 Å². The summed E-state index contributed by atoms with van der Waals surface area (Å²) in [5.74, 6) is -6.97. The molecule has 1 atom stereocenters. The highest BCUT2D eigenvalue weighted by Crippen LogP contribution is 2.47. The number of benzene rings is 1. The Morgan fingerprint density at radius 2 is 1.78 bits per heavy atom. The van der Waals surface area contributed by atoms with Crippen LogP contribution in [0.2, 0.25) is 0 Å². The van der Waals surface area contributed by atoms with Crippen LogP contribution in [0.3, 0.4) is 0 Å². The molecule has 1 unspecified atom stereocenters. The topological polar surface area (TPSA) is 83.1 Å². The highest BCUT2D eigenvalue weighted by molar-refractivity contribution is 7.90. The molecule has 0 aliphatic rings. The average molecular weight is 485 g/mol. The zero-order valence-electron chi connectivity index (χ0n) is 16.3. The number of ether oxygens (including phenoxy) is 2. The summed E-state index contributed by atoms with van der Waals surface area (Å²) in [5, 5.41) is -0.0893. The molecule has 32 heavy (non-hydrogen) atoms. The van der Waals surface area contributed by atoms with E-state index in [-0.39, 0.29) is 21.9 Å². The number of methoxy groups -OCH3 is 1. The third-order valence-corrected chi connectivity index (χ3v) is 5.52. The van der Waals surface area contributed by atoms with Crippen LogP contribution in [0.15, 0.2) is 35.6 Å². The van der Waals surface area contributed by atoms with E-state index >= 15 is 0 Å². The maximum atomic E-state index is 13.5. The molecule has 0 bridgehead atoms. The lowest BCUT2D eigenvalue weighted by molar-refractivity contribution is -0.402. The van der Waals surface area contributed by atoms with Crippen molar-refractivity contribution in [2.24, 2.45) is 0 Å². The van der Waals surface area contributed by atoms with Crippen molar-refractivity contribution < 1.29 is 44.8 Å². The molecule has 0 radical (unpaired) electrons. The number of fused-ring (bicyclic) bond motifs is 1. The number of pyridine rings is 1. The molecule has 6 nitrogen and oxygen atoms in total. The molecule has 1 N–H and O–H groups in total. The number of hydrogen-bond donors (Lipinski definition) is 1. The van der Waals surface area contributed by atoms with Crippen molar-refractivity contribution in [3.05, 3.63) is 41.7 Å². The lowest BCUT2D eigenvalue weighted by Gasteiger charge is -2.27. The minimum absolute atomic E-state index is 0.0813. The van der Waals surface area contributed by atoms with Gasteiger partial charge in [-0.1, -0.05) is 0 Å². The molecule has 14 heteroatoms. The highest BCUT2D eigenvalue weighted by atomic mass is 32.2. The molecule has 0 saturated carbocycles. The van der Waals surface area contributed by atoms with Gasteiger partial charge in [-0.25, -0.2) is 0 Å². The molecular formula is C18H14F7N3O3S. The van der Waals surface area contributed by atoms with E-state index in [2.05, 4.69) is 19.7 Å². The van der Waals surface area contributed by atoms with Gasteiger partial charge in [0.15, 0.2) is 5.75 Å². The smallest absolute Gasteiger partial charge is 0.474 e. The summed E-state index contributed by atoms with van der Waals surface area (Å²) in [6.07, 6.45) is -10.9. The van der Waals surface area contributed by atoms with Gasteiger partial charge in [-0.15, -0.1) is 0 Å². The number of alkyl halides is 7. The van der Waals surface area contributed by atoms with Crippen molar-refractivity contribution in [2.75, 3.05) is 7.11 Å². The summed E-state index contributed by atoms with van der Waals surface area (Å²) in [4.78, 5) is 10.7. The van der Waals surface area contributed by atoms with Gasteiger partial charge in [0.2, 0.25) is 0 Å². The van der Waals surface area contributed by atoms with Gasteiger partial charge in [0.05, 0.1) is 23.8 Å². The second kappa shape index (κ2) is 8.31.